The van der Waals surface area contributed by atoms with Gasteiger partial charge in [-0.3, -0.25) is 4.99 Å². The van der Waals surface area contributed by atoms with Crippen molar-refractivity contribution < 1.29 is 4.74 Å². The lowest BCUT2D eigenvalue weighted by molar-refractivity contribution is 0.117. The van der Waals surface area contributed by atoms with Crippen LogP contribution < -0.4 is 10.6 Å². The predicted octanol–water partition coefficient (Wildman–Crippen LogP) is 3.25. The van der Waals surface area contributed by atoms with Gasteiger partial charge in [0.15, 0.2) is 5.96 Å². The summed E-state index contributed by atoms with van der Waals surface area (Å²) in [5.41, 5.74) is 0. The average Bonchev–Trinajstić information content (AvgIpc) is 3.08. The Morgan fingerprint density at radius 1 is 1.48 bits per heavy atom. The van der Waals surface area contributed by atoms with Crippen LogP contribution in [0.25, 0.3) is 0 Å². The maximum absolute atomic E-state index is 5.60. The minimum Gasteiger partial charge on any atom is -0.376 e. The molecule has 2 rings (SSSR count). The fourth-order valence-electron chi connectivity index (χ4n) is 2.11. The van der Waals surface area contributed by atoms with E-state index in [4.69, 9.17) is 4.74 Å². The van der Waals surface area contributed by atoms with E-state index in [-0.39, 0.29) is 24.0 Å². The minimum atomic E-state index is 0. The molecule has 0 aliphatic carbocycles. The summed E-state index contributed by atoms with van der Waals surface area (Å²) in [5, 5.41) is 6.67. The second-order valence-corrected chi connectivity index (χ2v) is 7.80. The summed E-state index contributed by atoms with van der Waals surface area (Å²) in [5.74, 6) is 0.897. The van der Waals surface area contributed by atoms with E-state index in [0.29, 0.717) is 6.10 Å². The molecule has 0 saturated carbocycles. The zero-order valence-electron chi connectivity index (χ0n) is 12.2. The summed E-state index contributed by atoms with van der Waals surface area (Å²) in [6.45, 7) is 5.53. The van der Waals surface area contributed by atoms with Crippen molar-refractivity contribution in [2.45, 2.75) is 32.3 Å². The van der Waals surface area contributed by atoms with Crippen molar-refractivity contribution in [3.8, 4) is 0 Å². The highest BCUT2D eigenvalue weighted by atomic mass is 127. The van der Waals surface area contributed by atoms with Crippen LogP contribution in [-0.4, -0.2) is 38.3 Å². The van der Waals surface area contributed by atoms with Gasteiger partial charge in [-0.2, -0.15) is 0 Å². The third-order valence-corrected chi connectivity index (χ3v) is 5.07. The molecule has 21 heavy (non-hydrogen) atoms. The van der Waals surface area contributed by atoms with E-state index in [0.717, 1.165) is 45.0 Å². The summed E-state index contributed by atoms with van der Waals surface area (Å²) >= 11 is 4.22. The fourth-order valence-corrected chi connectivity index (χ4v) is 3.87. The molecular weight excluding hydrogens is 512 g/mol. The number of hydrogen-bond donors (Lipinski definition) is 2. The second-order valence-electron chi connectivity index (χ2n) is 4.74. The number of thiophene rings is 1. The molecule has 1 fully saturated rings. The van der Waals surface area contributed by atoms with Gasteiger partial charge in [0.2, 0.25) is 0 Å². The van der Waals surface area contributed by atoms with E-state index in [1.165, 1.54) is 14.2 Å². The molecule has 1 aliphatic rings. The van der Waals surface area contributed by atoms with Crippen LogP contribution in [0.5, 0.6) is 0 Å². The van der Waals surface area contributed by atoms with Crippen molar-refractivity contribution in [3.05, 3.63) is 19.9 Å². The average molecular weight is 535 g/mol. The van der Waals surface area contributed by atoms with Crippen molar-refractivity contribution in [2.24, 2.45) is 4.99 Å². The van der Waals surface area contributed by atoms with Crippen LogP contribution in [0.15, 0.2) is 17.1 Å². The number of nitrogens with one attached hydrogen (secondary N) is 2. The highest BCUT2D eigenvalue weighted by Gasteiger charge is 2.14. The van der Waals surface area contributed by atoms with E-state index in [9.17, 15) is 0 Å². The topological polar surface area (TPSA) is 45.7 Å². The molecule has 1 unspecified atom stereocenters. The van der Waals surface area contributed by atoms with Crippen molar-refractivity contribution in [2.75, 3.05) is 26.2 Å². The third kappa shape index (κ3) is 7.47. The lowest BCUT2D eigenvalue weighted by atomic mass is 10.2. The van der Waals surface area contributed by atoms with Gasteiger partial charge in [0.25, 0.3) is 0 Å². The van der Waals surface area contributed by atoms with Crippen LogP contribution >= 0.6 is 57.9 Å². The van der Waals surface area contributed by atoms with Crippen molar-refractivity contribution >= 4 is 63.9 Å². The van der Waals surface area contributed by atoms with Crippen LogP contribution in [0, 0.1) is 2.88 Å². The largest absolute Gasteiger partial charge is 0.376 e. The Hall–Kier alpha value is 0.390. The summed E-state index contributed by atoms with van der Waals surface area (Å²) < 4.78 is 6.94. The fraction of sp³-hybridized carbons (Fsp3) is 0.643. The molecule has 0 aromatic carbocycles. The normalized spacial score (nSPS) is 18.4. The number of ether oxygens (including phenoxy) is 1. The van der Waals surface area contributed by atoms with Crippen LogP contribution in [-0.2, 0) is 11.2 Å². The van der Waals surface area contributed by atoms with Gasteiger partial charge in [0, 0.05) is 24.6 Å². The lowest BCUT2D eigenvalue weighted by Crippen LogP contribution is -2.38. The highest BCUT2D eigenvalue weighted by molar-refractivity contribution is 14.1. The van der Waals surface area contributed by atoms with Crippen molar-refractivity contribution in [1.29, 1.82) is 0 Å². The Morgan fingerprint density at radius 3 is 2.95 bits per heavy atom. The monoisotopic (exact) mass is 535 g/mol. The molecule has 1 aromatic rings. The highest BCUT2D eigenvalue weighted by Crippen LogP contribution is 2.18. The van der Waals surface area contributed by atoms with E-state index >= 15 is 0 Å². The van der Waals surface area contributed by atoms with Gasteiger partial charge in [0.05, 0.1) is 15.5 Å². The molecule has 0 amide bonds. The molecule has 0 bridgehead atoms. The zero-order valence-corrected chi connectivity index (χ0v) is 17.5. The Bertz CT molecular complexity index is 434. The number of nitrogens with zero attached hydrogens (tertiary/aromatic N) is 1. The molecule has 120 valence electrons. The predicted molar refractivity (Wildman–Crippen MR) is 109 cm³/mol. The van der Waals surface area contributed by atoms with Crippen LogP contribution in [0.4, 0.5) is 0 Å². The number of halogens is 2. The van der Waals surface area contributed by atoms with Crippen molar-refractivity contribution in [1.82, 2.24) is 10.6 Å². The molecular formula is C14H23I2N3OS. The van der Waals surface area contributed by atoms with Gasteiger partial charge in [-0.05, 0) is 60.9 Å². The van der Waals surface area contributed by atoms with Gasteiger partial charge in [-0.15, -0.1) is 35.3 Å². The smallest absolute Gasteiger partial charge is 0.191 e. The minimum absolute atomic E-state index is 0. The van der Waals surface area contributed by atoms with Crippen LogP contribution in [0.1, 0.15) is 24.6 Å². The Balaban J connectivity index is 0.00000220. The standard InChI is InChI=1S/C14H22IN3OS.HI/c1-2-16-14(18-10-11-4-3-9-19-11)17-8-7-12-5-6-13(15)20-12;/h5-6,11H,2-4,7-10H2,1H3,(H2,16,17,18);1H. The van der Waals surface area contributed by atoms with Gasteiger partial charge in [-0.1, -0.05) is 0 Å². The zero-order chi connectivity index (χ0) is 14.2. The van der Waals surface area contributed by atoms with E-state index < -0.39 is 0 Å². The maximum atomic E-state index is 5.60. The Morgan fingerprint density at radius 2 is 2.33 bits per heavy atom. The number of hydrogen-bond acceptors (Lipinski definition) is 3. The molecule has 2 N–H and O–H groups in total. The summed E-state index contributed by atoms with van der Waals surface area (Å²) in [6, 6.07) is 4.36. The van der Waals surface area contributed by atoms with Crippen LogP contribution in [0.3, 0.4) is 0 Å². The van der Waals surface area contributed by atoms with Crippen LogP contribution in [0.2, 0.25) is 0 Å². The first-order chi connectivity index (χ1) is 9.78. The summed E-state index contributed by atoms with van der Waals surface area (Å²) in [6.07, 6.45) is 3.65. The molecule has 1 aromatic heterocycles. The maximum Gasteiger partial charge on any atom is 0.191 e. The van der Waals surface area contributed by atoms with Gasteiger partial charge in [0.1, 0.15) is 0 Å². The first-order valence-electron chi connectivity index (χ1n) is 7.16. The second kappa shape index (κ2) is 11.0. The SMILES string of the molecule is CCNC(=NCC1CCCO1)NCCc1ccc(I)s1.I. The Kier molecular flexibility index (Phi) is 10.2. The number of aliphatic imine (C=N–C) groups is 1. The molecule has 1 atom stereocenters. The quantitative estimate of drug-likeness (QED) is 0.334. The van der Waals surface area contributed by atoms with E-state index in [1.807, 2.05) is 11.3 Å². The van der Waals surface area contributed by atoms with E-state index in [2.05, 4.69) is 57.3 Å². The summed E-state index contributed by atoms with van der Waals surface area (Å²) in [4.78, 5) is 6.02. The first-order valence-corrected chi connectivity index (χ1v) is 9.05. The molecule has 0 spiro atoms. The number of guanidine groups is 1. The van der Waals surface area contributed by atoms with E-state index in [1.54, 1.807) is 0 Å². The number of rotatable bonds is 6. The molecule has 7 heteroatoms. The van der Waals surface area contributed by atoms with Gasteiger partial charge >= 0.3 is 0 Å². The molecule has 0 radical (unpaired) electrons. The first kappa shape index (κ1) is 19.4. The van der Waals surface area contributed by atoms with Gasteiger partial charge in [-0.25, -0.2) is 0 Å². The molecule has 1 saturated heterocycles. The molecule has 1 aliphatic heterocycles. The Labute approximate surface area is 161 Å². The summed E-state index contributed by atoms with van der Waals surface area (Å²) in [7, 11) is 0. The van der Waals surface area contributed by atoms with Crippen molar-refractivity contribution in [3.63, 3.8) is 0 Å². The lowest BCUT2D eigenvalue weighted by Gasteiger charge is -2.12. The third-order valence-electron chi connectivity index (χ3n) is 3.11. The molecule has 4 nitrogen and oxygen atoms in total. The molecule has 2 heterocycles. The van der Waals surface area contributed by atoms with Gasteiger partial charge < -0.3 is 15.4 Å².